The molecule has 0 radical (unpaired) electrons. The first kappa shape index (κ1) is 21.9. The average molecular weight is 458 g/mol. The van der Waals surface area contributed by atoms with Gasteiger partial charge in [-0.1, -0.05) is 35.3 Å². The molecule has 10 heteroatoms. The molecule has 0 atom stereocenters. The second-order valence-corrected chi connectivity index (χ2v) is 6.90. The van der Waals surface area contributed by atoms with E-state index in [0.29, 0.717) is 10.6 Å². The SMILES string of the molecule is O=C(Oc1ccc(/C=N\NC(=O)c2ccccc2[N+](=O)[O-])cc1)c1ccc(Cl)cc1Cl. The molecule has 0 bridgehead atoms. The van der Waals surface area contributed by atoms with Crippen molar-refractivity contribution in [2.45, 2.75) is 0 Å². The van der Waals surface area contributed by atoms with Crippen molar-refractivity contribution in [1.29, 1.82) is 0 Å². The Morgan fingerprint density at radius 3 is 2.39 bits per heavy atom. The highest BCUT2D eigenvalue weighted by Gasteiger charge is 2.18. The van der Waals surface area contributed by atoms with E-state index in [1.807, 2.05) is 0 Å². The van der Waals surface area contributed by atoms with Gasteiger partial charge in [0.25, 0.3) is 11.6 Å². The summed E-state index contributed by atoms with van der Waals surface area (Å²) < 4.78 is 5.27. The van der Waals surface area contributed by atoms with Crippen LogP contribution in [0.5, 0.6) is 5.75 Å². The molecule has 0 heterocycles. The highest BCUT2D eigenvalue weighted by molar-refractivity contribution is 6.36. The first-order valence-electron chi connectivity index (χ1n) is 8.69. The molecule has 31 heavy (non-hydrogen) atoms. The van der Waals surface area contributed by atoms with E-state index in [-0.39, 0.29) is 27.6 Å². The van der Waals surface area contributed by atoms with Crippen LogP contribution in [0.1, 0.15) is 26.3 Å². The Balaban J connectivity index is 1.62. The van der Waals surface area contributed by atoms with Gasteiger partial charge in [0.15, 0.2) is 0 Å². The third kappa shape index (κ3) is 5.65. The monoisotopic (exact) mass is 457 g/mol. The number of esters is 1. The van der Waals surface area contributed by atoms with Gasteiger partial charge in [0.05, 0.1) is 21.7 Å². The maximum Gasteiger partial charge on any atom is 0.345 e. The number of carbonyl (C=O) groups excluding carboxylic acids is 2. The number of hydrogen-bond acceptors (Lipinski definition) is 6. The zero-order chi connectivity index (χ0) is 22.4. The van der Waals surface area contributed by atoms with Crippen LogP contribution in [0, 0.1) is 10.1 Å². The number of hydrogen-bond donors (Lipinski definition) is 1. The smallest absolute Gasteiger partial charge is 0.345 e. The van der Waals surface area contributed by atoms with Gasteiger partial charge in [-0.25, -0.2) is 10.2 Å². The number of amides is 1. The first-order valence-corrected chi connectivity index (χ1v) is 9.45. The van der Waals surface area contributed by atoms with Crippen molar-refractivity contribution in [3.8, 4) is 5.75 Å². The molecule has 3 aromatic rings. The number of nitrogens with zero attached hydrogens (tertiary/aromatic N) is 2. The molecule has 8 nitrogen and oxygen atoms in total. The largest absolute Gasteiger partial charge is 0.423 e. The molecule has 0 aliphatic heterocycles. The average Bonchev–Trinajstić information content (AvgIpc) is 2.74. The molecule has 0 fully saturated rings. The van der Waals surface area contributed by atoms with Crippen LogP contribution in [-0.2, 0) is 0 Å². The lowest BCUT2D eigenvalue weighted by atomic mass is 10.2. The van der Waals surface area contributed by atoms with Crippen LogP contribution in [0.4, 0.5) is 5.69 Å². The summed E-state index contributed by atoms with van der Waals surface area (Å²) >= 11 is 11.8. The van der Waals surface area contributed by atoms with Crippen molar-refractivity contribution in [2.24, 2.45) is 5.10 Å². The third-order valence-electron chi connectivity index (χ3n) is 3.97. The van der Waals surface area contributed by atoms with E-state index in [4.69, 9.17) is 27.9 Å². The van der Waals surface area contributed by atoms with E-state index in [2.05, 4.69) is 10.5 Å². The molecular formula is C21H13Cl2N3O5. The van der Waals surface area contributed by atoms with Gasteiger partial charge >= 0.3 is 5.97 Å². The van der Waals surface area contributed by atoms with Crippen LogP contribution in [0.3, 0.4) is 0 Å². The summed E-state index contributed by atoms with van der Waals surface area (Å²) in [4.78, 5) is 34.7. The summed E-state index contributed by atoms with van der Waals surface area (Å²) in [5, 5.41) is 15.4. The highest BCUT2D eigenvalue weighted by atomic mass is 35.5. The maximum absolute atomic E-state index is 12.2. The minimum atomic E-state index is -0.714. The number of nitro groups is 1. The van der Waals surface area contributed by atoms with Crippen molar-refractivity contribution in [3.63, 3.8) is 0 Å². The van der Waals surface area contributed by atoms with Crippen LogP contribution < -0.4 is 10.2 Å². The normalized spacial score (nSPS) is 10.6. The van der Waals surface area contributed by atoms with E-state index in [9.17, 15) is 19.7 Å². The number of carbonyl (C=O) groups is 2. The van der Waals surface area contributed by atoms with Crippen molar-refractivity contribution < 1.29 is 19.2 Å². The molecule has 156 valence electrons. The van der Waals surface area contributed by atoms with Gasteiger partial charge in [-0.3, -0.25) is 14.9 Å². The predicted molar refractivity (Wildman–Crippen MR) is 116 cm³/mol. The second kappa shape index (κ2) is 9.84. The summed E-state index contributed by atoms with van der Waals surface area (Å²) in [6, 6.07) is 16.3. The third-order valence-corrected chi connectivity index (χ3v) is 4.51. The topological polar surface area (TPSA) is 111 Å². The molecule has 0 aliphatic rings. The quantitative estimate of drug-likeness (QED) is 0.186. The lowest BCUT2D eigenvalue weighted by Gasteiger charge is -2.06. The minimum Gasteiger partial charge on any atom is -0.423 e. The summed E-state index contributed by atoms with van der Waals surface area (Å²) in [5.74, 6) is -1.08. The fourth-order valence-electron chi connectivity index (χ4n) is 2.49. The number of nitrogens with one attached hydrogen (secondary N) is 1. The van der Waals surface area contributed by atoms with Gasteiger partial charge in [0, 0.05) is 11.1 Å². The van der Waals surface area contributed by atoms with E-state index in [0.717, 1.165) is 0 Å². The molecule has 0 aromatic heterocycles. The summed E-state index contributed by atoms with van der Waals surface area (Å²) in [6.07, 6.45) is 1.34. The van der Waals surface area contributed by atoms with Crippen LogP contribution in [0.2, 0.25) is 10.0 Å². The molecular weight excluding hydrogens is 445 g/mol. The van der Waals surface area contributed by atoms with Gasteiger partial charge in [-0.2, -0.15) is 5.10 Å². The number of halogens is 2. The number of para-hydroxylation sites is 1. The summed E-state index contributed by atoms with van der Waals surface area (Å²) in [7, 11) is 0. The molecule has 0 saturated carbocycles. The minimum absolute atomic E-state index is 0.104. The molecule has 3 rings (SSSR count). The number of hydrazone groups is 1. The zero-order valence-corrected chi connectivity index (χ0v) is 17.1. The van der Waals surface area contributed by atoms with Crippen molar-refractivity contribution in [3.05, 3.63) is 104 Å². The van der Waals surface area contributed by atoms with Crippen LogP contribution in [-0.4, -0.2) is 23.0 Å². The van der Waals surface area contributed by atoms with Gasteiger partial charge in [-0.05, 0) is 54.1 Å². The molecule has 1 N–H and O–H groups in total. The fraction of sp³-hybridized carbons (Fsp3) is 0. The number of rotatable bonds is 6. The van der Waals surface area contributed by atoms with Gasteiger partial charge < -0.3 is 4.74 Å². The number of ether oxygens (including phenoxy) is 1. The Bertz CT molecular complexity index is 1180. The molecule has 1 amide bonds. The standard InChI is InChI=1S/C21H13Cl2N3O5/c22-14-7-10-16(18(23)11-14)21(28)31-15-8-5-13(6-9-15)12-24-25-20(27)17-3-1-2-4-19(17)26(29)30/h1-12H,(H,25,27)/b24-12-. The molecule has 0 spiro atoms. The second-order valence-electron chi connectivity index (χ2n) is 6.06. The highest BCUT2D eigenvalue weighted by Crippen LogP contribution is 2.23. The van der Waals surface area contributed by atoms with Crippen molar-refractivity contribution in [2.75, 3.05) is 0 Å². The zero-order valence-electron chi connectivity index (χ0n) is 15.6. The van der Waals surface area contributed by atoms with E-state index in [1.165, 1.54) is 60.8 Å². The van der Waals surface area contributed by atoms with Gasteiger partial charge in [-0.15, -0.1) is 0 Å². The Hall–Kier alpha value is -3.75. The number of nitro benzene ring substituents is 1. The lowest BCUT2D eigenvalue weighted by Crippen LogP contribution is -2.18. The Morgan fingerprint density at radius 2 is 1.71 bits per heavy atom. The molecule has 0 unspecified atom stereocenters. The van der Waals surface area contributed by atoms with E-state index in [1.54, 1.807) is 12.1 Å². The summed E-state index contributed by atoms with van der Waals surface area (Å²) in [6.45, 7) is 0. The Labute approximate surface area is 186 Å². The van der Waals surface area contributed by atoms with Crippen LogP contribution >= 0.6 is 23.2 Å². The number of benzene rings is 3. The van der Waals surface area contributed by atoms with Gasteiger partial charge in [0.2, 0.25) is 0 Å². The van der Waals surface area contributed by atoms with Crippen LogP contribution in [0.25, 0.3) is 0 Å². The van der Waals surface area contributed by atoms with E-state index < -0.39 is 16.8 Å². The first-order chi connectivity index (χ1) is 14.8. The summed E-state index contributed by atoms with van der Waals surface area (Å²) in [5.41, 5.74) is 2.58. The molecule has 0 aliphatic carbocycles. The van der Waals surface area contributed by atoms with Crippen molar-refractivity contribution >= 4 is 47.0 Å². The Kier molecular flexibility index (Phi) is 6.96. The predicted octanol–water partition coefficient (Wildman–Crippen LogP) is 4.88. The molecule has 3 aromatic carbocycles. The Morgan fingerprint density at radius 1 is 1.00 bits per heavy atom. The maximum atomic E-state index is 12.2. The van der Waals surface area contributed by atoms with E-state index >= 15 is 0 Å². The van der Waals surface area contributed by atoms with Crippen molar-refractivity contribution in [1.82, 2.24) is 5.43 Å². The fourth-order valence-corrected chi connectivity index (χ4v) is 2.98. The molecule has 0 saturated heterocycles. The lowest BCUT2D eigenvalue weighted by molar-refractivity contribution is -0.385. The van der Waals surface area contributed by atoms with Crippen LogP contribution in [0.15, 0.2) is 71.8 Å². The van der Waals surface area contributed by atoms with Gasteiger partial charge in [0.1, 0.15) is 11.3 Å².